The number of nitrogens with zero attached hydrogens (tertiary/aromatic N) is 3. The van der Waals surface area contributed by atoms with Crippen molar-refractivity contribution in [2.45, 2.75) is 0 Å². The van der Waals surface area contributed by atoms with Gasteiger partial charge in [-0.2, -0.15) is 0 Å². The second-order valence-electron chi connectivity index (χ2n) is 9.15. The summed E-state index contributed by atoms with van der Waals surface area (Å²) in [4.78, 5) is 11.5. The van der Waals surface area contributed by atoms with Gasteiger partial charge in [0.05, 0.1) is 17.1 Å². The van der Waals surface area contributed by atoms with Crippen molar-refractivity contribution in [3.8, 4) is 51.3 Å². The van der Waals surface area contributed by atoms with Gasteiger partial charge in [-0.15, -0.1) is 23.8 Å². The third-order valence-corrected chi connectivity index (χ3v) is 6.59. The van der Waals surface area contributed by atoms with E-state index >= 15 is 0 Å². The Bertz CT molecular complexity index is 1850. The largest absolute Gasteiger partial charge is 0.507 e. The number of hydrogen-bond donors (Lipinski definition) is 1. The monoisotopic (exact) mass is 715 g/mol. The normalized spacial score (nSPS) is 11.7. The molecule has 0 bridgehead atoms. The summed E-state index contributed by atoms with van der Waals surface area (Å²) in [5.41, 5.74) is 4.23. The molecule has 1 aliphatic heterocycles. The molecule has 0 saturated heterocycles. The van der Waals surface area contributed by atoms with E-state index in [4.69, 9.17) is 14.5 Å². The van der Waals surface area contributed by atoms with Crippen LogP contribution in [0, 0.1) is 6.07 Å². The van der Waals surface area contributed by atoms with Crippen LogP contribution in [0.4, 0.5) is 17.2 Å². The van der Waals surface area contributed by atoms with Gasteiger partial charge in [0.25, 0.3) is 0 Å². The fraction of sp³-hybridized carbons (Fsp3) is 0. The van der Waals surface area contributed by atoms with Gasteiger partial charge in [-0.3, -0.25) is 0 Å². The molecule has 1 N–H and O–H groups in total. The van der Waals surface area contributed by atoms with Crippen LogP contribution in [0.2, 0.25) is 0 Å². The van der Waals surface area contributed by atoms with Crippen molar-refractivity contribution in [2.24, 2.45) is 0 Å². The summed E-state index contributed by atoms with van der Waals surface area (Å²) in [6, 6.07) is 41.4. The van der Waals surface area contributed by atoms with E-state index in [0.717, 1.165) is 16.9 Å². The van der Waals surface area contributed by atoms with Crippen LogP contribution in [-0.4, -0.2) is 15.1 Å². The van der Waals surface area contributed by atoms with Gasteiger partial charge in [0.15, 0.2) is 17.2 Å². The Labute approximate surface area is 251 Å². The Balaban J connectivity index is 0.00000302. The van der Waals surface area contributed by atoms with Crippen LogP contribution in [-0.2, 0) is 21.1 Å². The molecule has 7 heteroatoms. The molecule has 0 amide bonds. The van der Waals surface area contributed by atoms with Crippen molar-refractivity contribution in [2.75, 3.05) is 4.90 Å². The Kier molecular flexibility index (Phi) is 7.24. The minimum absolute atomic E-state index is 0. The quantitative estimate of drug-likeness (QED) is 0.185. The molecule has 4 aromatic carbocycles. The number of aromatic hydroxyl groups is 1. The third-order valence-electron chi connectivity index (χ3n) is 6.59. The molecule has 3 heterocycles. The Hall–Kier alpha value is -4.93. The molecule has 0 fully saturated rings. The zero-order valence-electron chi connectivity index (χ0n) is 21.5. The van der Waals surface area contributed by atoms with Crippen molar-refractivity contribution < 1.29 is 35.6 Å². The van der Waals surface area contributed by atoms with Gasteiger partial charge in [-0.25, -0.2) is 4.98 Å². The van der Waals surface area contributed by atoms with E-state index in [1.54, 1.807) is 18.3 Å². The summed E-state index contributed by atoms with van der Waals surface area (Å²) in [6.07, 6.45) is 1.76. The van der Waals surface area contributed by atoms with Crippen molar-refractivity contribution in [3.05, 3.63) is 134 Å². The SMILES string of the molecule is Oc1ccccc1-c1cccc(N2c3[c-]c(-c4ccccn4)ccc3Oc3ccccc3Oc3ccccc32)n1.[Pt]. The summed E-state index contributed by atoms with van der Waals surface area (Å²) in [6.45, 7) is 0. The van der Waals surface area contributed by atoms with Crippen molar-refractivity contribution >= 4 is 17.2 Å². The molecule has 0 spiro atoms. The maximum absolute atomic E-state index is 10.6. The number of ether oxygens (including phenoxy) is 2. The van der Waals surface area contributed by atoms with E-state index in [9.17, 15) is 5.11 Å². The average Bonchev–Trinajstić information content (AvgIpc) is 3.06. The van der Waals surface area contributed by atoms with Crippen molar-refractivity contribution in [3.63, 3.8) is 0 Å². The summed E-state index contributed by atoms with van der Waals surface area (Å²) in [7, 11) is 0. The van der Waals surface area contributed by atoms with Gasteiger partial charge in [0, 0.05) is 38.5 Å². The zero-order valence-corrected chi connectivity index (χ0v) is 23.8. The number of phenolic OH excluding ortho intramolecular Hbond substituents is 1. The molecule has 7 rings (SSSR count). The molecule has 0 radical (unpaired) electrons. The molecular weight excluding hydrogens is 693 g/mol. The van der Waals surface area contributed by atoms with Crippen LogP contribution in [0.3, 0.4) is 0 Å². The van der Waals surface area contributed by atoms with Gasteiger partial charge in [0.2, 0.25) is 0 Å². The molecule has 41 heavy (non-hydrogen) atoms. The molecule has 6 aromatic rings. The number of pyridine rings is 2. The number of benzene rings is 4. The van der Waals surface area contributed by atoms with E-state index in [2.05, 4.69) is 11.1 Å². The van der Waals surface area contributed by atoms with Crippen LogP contribution in [0.25, 0.3) is 22.5 Å². The number of anilines is 3. The van der Waals surface area contributed by atoms with Gasteiger partial charge in [-0.05, 0) is 60.3 Å². The fourth-order valence-electron chi connectivity index (χ4n) is 4.72. The van der Waals surface area contributed by atoms with E-state index < -0.39 is 0 Å². The molecule has 6 nitrogen and oxygen atoms in total. The predicted molar refractivity (Wildman–Crippen MR) is 155 cm³/mol. The van der Waals surface area contributed by atoms with Crippen molar-refractivity contribution in [1.29, 1.82) is 0 Å². The predicted octanol–water partition coefficient (Wildman–Crippen LogP) is 8.68. The standard InChI is InChI=1S/C34H22N3O3.Pt/c38-29-14-3-1-10-24(29)26-12-9-18-34(36-26)37-27-13-2-4-15-30(27)39-32-16-5-6-17-33(32)40-31-20-19-23(22-28(31)37)25-11-7-8-21-35-25;/h1-21,38H;/q-1;. The smallest absolute Gasteiger partial charge is 0.168 e. The Morgan fingerprint density at radius 2 is 1.29 bits per heavy atom. The number of phenols is 1. The fourth-order valence-corrected chi connectivity index (χ4v) is 4.72. The second-order valence-corrected chi connectivity index (χ2v) is 9.15. The summed E-state index contributed by atoms with van der Waals surface area (Å²) >= 11 is 0. The van der Waals surface area contributed by atoms with Crippen LogP contribution in [0.15, 0.2) is 128 Å². The minimum atomic E-state index is 0. The molecule has 0 aliphatic carbocycles. The molecule has 0 unspecified atom stereocenters. The number of rotatable bonds is 3. The number of aromatic nitrogens is 2. The summed E-state index contributed by atoms with van der Waals surface area (Å²) in [5, 5.41) is 10.6. The van der Waals surface area contributed by atoms with E-state index in [-0.39, 0.29) is 26.8 Å². The summed E-state index contributed by atoms with van der Waals surface area (Å²) < 4.78 is 12.9. The molecule has 1 aliphatic rings. The van der Waals surface area contributed by atoms with E-state index in [0.29, 0.717) is 45.8 Å². The first kappa shape index (κ1) is 26.3. The van der Waals surface area contributed by atoms with Crippen LogP contribution in [0.5, 0.6) is 28.7 Å². The number of para-hydroxylation sites is 5. The van der Waals surface area contributed by atoms with Crippen LogP contribution in [0.1, 0.15) is 0 Å². The molecule has 0 atom stereocenters. The van der Waals surface area contributed by atoms with Gasteiger partial charge >= 0.3 is 0 Å². The number of fused-ring (bicyclic) bond motifs is 3. The Morgan fingerprint density at radius 1 is 0.610 bits per heavy atom. The average molecular weight is 716 g/mol. The van der Waals surface area contributed by atoms with Gasteiger partial charge in [0.1, 0.15) is 11.6 Å². The van der Waals surface area contributed by atoms with Crippen LogP contribution < -0.4 is 14.4 Å². The third kappa shape index (κ3) is 5.06. The topological polar surface area (TPSA) is 67.7 Å². The van der Waals surface area contributed by atoms with Crippen molar-refractivity contribution in [1.82, 2.24) is 9.97 Å². The first-order valence-corrected chi connectivity index (χ1v) is 12.8. The van der Waals surface area contributed by atoms with Gasteiger partial charge in [-0.1, -0.05) is 54.6 Å². The molecule has 2 aromatic heterocycles. The van der Waals surface area contributed by atoms with Crippen LogP contribution >= 0.6 is 0 Å². The maximum atomic E-state index is 10.6. The molecular formula is C34H22N3O3Pt-. The van der Waals surface area contributed by atoms with Gasteiger partial charge < -0.3 is 24.5 Å². The van der Waals surface area contributed by atoms with E-state index in [1.165, 1.54) is 0 Å². The molecule has 202 valence electrons. The summed E-state index contributed by atoms with van der Waals surface area (Å²) in [5.74, 6) is 3.12. The first-order valence-electron chi connectivity index (χ1n) is 12.8. The van der Waals surface area contributed by atoms with E-state index in [1.807, 2.05) is 114 Å². The minimum Gasteiger partial charge on any atom is -0.507 e. The Morgan fingerprint density at radius 3 is 2.07 bits per heavy atom. The first-order chi connectivity index (χ1) is 19.7. The second kappa shape index (κ2) is 11.3. The zero-order chi connectivity index (χ0) is 26.9. The maximum Gasteiger partial charge on any atom is 0.168 e. The molecule has 0 saturated carbocycles. The number of hydrogen-bond acceptors (Lipinski definition) is 6.